The second-order valence-corrected chi connectivity index (χ2v) is 7.01. The van der Waals surface area contributed by atoms with E-state index in [0.717, 1.165) is 30.4 Å². The summed E-state index contributed by atoms with van der Waals surface area (Å²) in [5.74, 6) is 0.160. The van der Waals surface area contributed by atoms with Crippen LogP contribution in [0.25, 0.3) is 11.1 Å². The lowest BCUT2D eigenvalue weighted by molar-refractivity contribution is -0.124. The van der Waals surface area contributed by atoms with Crippen LogP contribution in [0.15, 0.2) is 48.5 Å². The third kappa shape index (κ3) is 4.36. The molecule has 1 N–H and O–H groups in total. The first-order valence-corrected chi connectivity index (χ1v) is 9.20. The van der Waals surface area contributed by atoms with Crippen molar-refractivity contribution in [3.05, 3.63) is 53.6 Å². The van der Waals surface area contributed by atoms with E-state index in [1.54, 1.807) is 6.07 Å². The third-order valence-electron chi connectivity index (χ3n) is 4.70. The van der Waals surface area contributed by atoms with E-state index in [-0.39, 0.29) is 12.5 Å². The highest BCUT2D eigenvalue weighted by atomic mass is 35.5. The van der Waals surface area contributed by atoms with Crippen LogP contribution in [0.3, 0.4) is 0 Å². The molecule has 0 atom stereocenters. The Kier molecular flexibility index (Phi) is 5.80. The highest BCUT2D eigenvalue weighted by molar-refractivity contribution is 6.32. The molecule has 1 aliphatic rings. The fraction of sp³-hybridized carbons (Fsp3) is 0.333. The second-order valence-electron chi connectivity index (χ2n) is 6.60. The maximum Gasteiger partial charge on any atom is 0.259 e. The lowest BCUT2D eigenvalue weighted by Crippen LogP contribution is -2.50. The molecule has 0 aromatic heterocycles. The normalized spacial score (nSPS) is 15.7. The van der Waals surface area contributed by atoms with Crippen LogP contribution in [-0.4, -0.2) is 18.1 Å². The number of halogens is 1. The Balaban J connectivity index is 1.61. The number of carbonyl (C=O) groups excluding carboxylic acids is 1. The summed E-state index contributed by atoms with van der Waals surface area (Å²) in [5, 5.41) is 12.7. The number of nitrogens with one attached hydrogen (secondary N) is 1. The fourth-order valence-corrected chi connectivity index (χ4v) is 3.53. The molecule has 3 rings (SSSR count). The lowest BCUT2D eigenvalue weighted by atomic mass is 9.83. The van der Waals surface area contributed by atoms with E-state index in [1.807, 2.05) is 42.5 Å². The van der Waals surface area contributed by atoms with Crippen molar-refractivity contribution in [3.63, 3.8) is 0 Å². The fourth-order valence-electron chi connectivity index (χ4n) is 3.29. The minimum absolute atomic E-state index is 0.159. The van der Waals surface area contributed by atoms with Gasteiger partial charge in [-0.25, -0.2) is 0 Å². The summed E-state index contributed by atoms with van der Waals surface area (Å²) >= 11 is 6.30. The molecular weight excluding hydrogens is 348 g/mol. The molecule has 1 saturated carbocycles. The van der Waals surface area contributed by atoms with Gasteiger partial charge in [0, 0.05) is 0 Å². The molecule has 1 aliphatic carbocycles. The lowest BCUT2D eigenvalue weighted by Gasteiger charge is -2.31. The van der Waals surface area contributed by atoms with Gasteiger partial charge in [-0.1, -0.05) is 67.3 Å². The largest absolute Gasteiger partial charge is 0.482 e. The average Bonchev–Trinajstić information content (AvgIpc) is 2.68. The van der Waals surface area contributed by atoms with Gasteiger partial charge < -0.3 is 10.1 Å². The summed E-state index contributed by atoms with van der Waals surface area (Å²) in [6, 6.07) is 17.7. The van der Waals surface area contributed by atoms with Crippen molar-refractivity contribution in [2.75, 3.05) is 6.61 Å². The predicted octanol–water partition coefficient (Wildman–Crippen LogP) is 4.73. The van der Waals surface area contributed by atoms with Crippen LogP contribution >= 0.6 is 11.6 Å². The minimum Gasteiger partial charge on any atom is -0.482 e. The van der Waals surface area contributed by atoms with Crippen molar-refractivity contribution < 1.29 is 9.53 Å². The molecule has 134 valence electrons. The number of benzene rings is 2. The first-order chi connectivity index (χ1) is 12.6. The molecule has 4 nitrogen and oxygen atoms in total. The molecule has 0 spiro atoms. The molecule has 5 heteroatoms. The Morgan fingerprint density at radius 1 is 1.12 bits per heavy atom. The molecule has 2 aromatic rings. The molecule has 26 heavy (non-hydrogen) atoms. The number of carbonyl (C=O) groups is 1. The monoisotopic (exact) mass is 368 g/mol. The van der Waals surface area contributed by atoms with Crippen LogP contribution in [0.1, 0.15) is 32.1 Å². The number of nitrogens with zero attached hydrogens (tertiary/aromatic N) is 1. The van der Waals surface area contributed by atoms with Crippen LogP contribution in [-0.2, 0) is 4.79 Å². The molecule has 0 unspecified atom stereocenters. The number of hydrogen-bond donors (Lipinski definition) is 1. The Morgan fingerprint density at radius 2 is 1.85 bits per heavy atom. The molecule has 1 amide bonds. The highest BCUT2D eigenvalue weighted by Gasteiger charge is 2.33. The smallest absolute Gasteiger partial charge is 0.259 e. The summed E-state index contributed by atoms with van der Waals surface area (Å²) in [6.45, 7) is -0.159. The van der Waals surface area contributed by atoms with Crippen molar-refractivity contribution >= 4 is 17.5 Å². The van der Waals surface area contributed by atoms with E-state index < -0.39 is 5.54 Å². The van der Waals surface area contributed by atoms with Crippen molar-refractivity contribution in [2.24, 2.45) is 0 Å². The Morgan fingerprint density at radius 3 is 2.50 bits per heavy atom. The number of rotatable bonds is 5. The van der Waals surface area contributed by atoms with Crippen molar-refractivity contribution in [3.8, 4) is 22.9 Å². The van der Waals surface area contributed by atoms with E-state index in [1.165, 1.54) is 0 Å². The van der Waals surface area contributed by atoms with E-state index in [2.05, 4.69) is 11.4 Å². The van der Waals surface area contributed by atoms with Crippen molar-refractivity contribution in [1.82, 2.24) is 5.32 Å². The number of nitriles is 1. The summed E-state index contributed by atoms with van der Waals surface area (Å²) in [7, 11) is 0. The predicted molar refractivity (Wildman–Crippen MR) is 102 cm³/mol. The zero-order valence-corrected chi connectivity index (χ0v) is 15.3. The summed E-state index contributed by atoms with van der Waals surface area (Å²) in [4.78, 5) is 12.2. The Bertz CT molecular complexity index is 809. The maximum absolute atomic E-state index is 12.2. The van der Waals surface area contributed by atoms with Gasteiger partial charge in [-0.3, -0.25) is 4.79 Å². The number of amides is 1. The molecule has 0 saturated heterocycles. The topological polar surface area (TPSA) is 62.1 Å². The first-order valence-electron chi connectivity index (χ1n) is 8.82. The van der Waals surface area contributed by atoms with Gasteiger partial charge in [0.1, 0.15) is 11.3 Å². The van der Waals surface area contributed by atoms with Gasteiger partial charge in [0.2, 0.25) is 0 Å². The Hall–Kier alpha value is -2.51. The average molecular weight is 369 g/mol. The summed E-state index contributed by atoms with van der Waals surface area (Å²) in [5.41, 5.74) is 1.30. The van der Waals surface area contributed by atoms with Crippen LogP contribution in [0.4, 0.5) is 0 Å². The minimum atomic E-state index is -0.750. The zero-order chi connectivity index (χ0) is 18.4. The maximum atomic E-state index is 12.2. The molecular formula is C21H21ClN2O2. The van der Waals surface area contributed by atoms with E-state index in [0.29, 0.717) is 23.6 Å². The molecule has 1 fully saturated rings. The molecule has 0 radical (unpaired) electrons. The standard InChI is InChI=1S/C21H21ClN2O2/c22-18-13-17(16-7-3-1-4-8-16)9-10-19(18)26-14-20(25)24-21(15-23)11-5-2-6-12-21/h1,3-4,7-10,13H,2,5-6,11-12,14H2,(H,24,25). The quantitative estimate of drug-likeness (QED) is 0.829. The van der Waals surface area contributed by atoms with Crippen LogP contribution in [0.2, 0.25) is 5.02 Å². The highest BCUT2D eigenvalue weighted by Crippen LogP contribution is 2.31. The van der Waals surface area contributed by atoms with Gasteiger partial charge in [-0.2, -0.15) is 5.26 Å². The van der Waals surface area contributed by atoms with Crippen molar-refractivity contribution in [2.45, 2.75) is 37.6 Å². The summed E-state index contributed by atoms with van der Waals surface area (Å²) in [6.07, 6.45) is 4.42. The third-order valence-corrected chi connectivity index (χ3v) is 4.99. The summed E-state index contributed by atoms with van der Waals surface area (Å²) < 4.78 is 5.57. The van der Waals surface area contributed by atoms with Gasteiger partial charge in [0.15, 0.2) is 6.61 Å². The van der Waals surface area contributed by atoms with Gasteiger partial charge >= 0.3 is 0 Å². The van der Waals surface area contributed by atoms with E-state index in [9.17, 15) is 10.1 Å². The van der Waals surface area contributed by atoms with Crippen LogP contribution < -0.4 is 10.1 Å². The van der Waals surface area contributed by atoms with Gasteiger partial charge in [-0.05, 0) is 36.1 Å². The molecule has 0 aliphatic heterocycles. The molecule has 0 heterocycles. The number of hydrogen-bond acceptors (Lipinski definition) is 3. The van der Waals surface area contributed by atoms with Crippen LogP contribution in [0, 0.1) is 11.3 Å². The van der Waals surface area contributed by atoms with E-state index in [4.69, 9.17) is 16.3 Å². The van der Waals surface area contributed by atoms with Crippen molar-refractivity contribution in [1.29, 1.82) is 5.26 Å². The van der Waals surface area contributed by atoms with E-state index >= 15 is 0 Å². The Labute approximate surface area is 158 Å². The first kappa shape index (κ1) is 18.3. The molecule has 0 bridgehead atoms. The van der Waals surface area contributed by atoms with Gasteiger partial charge in [0.25, 0.3) is 5.91 Å². The second kappa shape index (κ2) is 8.25. The SMILES string of the molecule is N#CC1(NC(=O)COc2ccc(-c3ccccc3)cc2Cl)CCCCC1. The molecule has 2 aromatic carbocycles. The zero-order valence-electron chi connectivity index (χ0n) is 14.5. The van der Waals surface area contributed by atoms with Crippen LogP contribution in [0.5, 0.6) is 5.75 Å². The van der Waals surface area contributed by atoms with Gasteiger partial charge in [0.05, 0.1) is 11.1 Å². The number of ether oxygens (including phenoxy) is 1. The van der Waals surface area contributed by atoms with Gasteiger partial charge in [-0.15, -0.1) is 0 Å².